The molecule has 1 unspecified atom stereocenters. The molecular formula is C22H36O2. The third-order valence-electron chi connectivity index (χ3n) is 4.63. The fourth-order valence-electron chi connectivity index (χ4n) is 3.70. The zero-order valence-electron chi connectivity index (χ0n) is 16.8. The molecule has 2 nitrogen and oxygen atoms in total. The first kappa shape index (κ1) is 20.7. The van der Waals surface area contributed by atoms with Crippen molar-refractivity contribution in [1.82, 2.24) is 0 Å². The molecule has 0 heterocycles. The smallest absolute Gasteiger partial charge is 0.311 e. The van der Waals surface area contributed by atoms with E-state index in [2.05, 4.69) is 54.5 Å². The third-order valence-corrected chi connectivity index (χ3v) is 4.63. The van der Waals surface area contributed by atoms with Gasteiger partial charge in [0.15, 0.2) is 0 Å². The molecule has 0 aromatic carbocycles. The topological polar surface area (TPSA) is 37.3 Å². The maximum atomic E-state index is 12.1. The summed E-state index contributed by atoms with van der Waals surface area (Å²) in [6.07, 6.45) is 8.91. The van der Waals surface area contributed by atoms with Crippen LogP contribution in [0.25, 0.3) is 0 Å². The van der Waals surface area contributed by atoms with Crippen LogP contribution < -0.4 is 0 Å². The minimum atomic E-state index is -0.700. The molecule has 1 rings (SSSR count). The summed E-state index contributed by atoms with van der Waals surface area (Å²) in [7, 11) is 0. The first-order valence-corrected chi connectivity index (χ1v) is 9.32. The summed E-state index contributed by atoms with van der Waals surface area (Å²) in [6, 6.07) is 0. The molecule has 136 valence electrons. The van der Waals surface area contributed by atoms with Gasteiger partial charge in [-0.2, -0.15) is 0 Å². The van der Waals surface area contributed by atoms with E-state index < -0.39 is 11.9 Å². The van der Waals surface area contributed by atoms with Gasteiger partial charge in [-0.15, -0.1) is 0 Å². The van der Waals surface area contributed by atoms with Gasteiger partial charge in [-0.3, -0.25) is 4.79 Å². The summed E-state index contributed by atoms with van der Waals surface area (Å²) in [5.41, 5.74) is 5.98. The van der Waals surface area contributed by atoms with Gasteiger partial charge in [-0.25, -0.2) is 0 Å². The maximum absolute atomic E-state index is 12.1. The lowest BCUT2D eigenvalue weighted by atomic mass is 9.75. The average Bonchev–Trinajstić information content (AvgIpc) is 2.69. The van der Waals surface area contributed by atoms with Gasteiger partial charge in [-0.05, 0) is 81.9 Å². The summed E-state index contributed by atoms with van der Waals surface area (Å²) >= 11 is 0. The Morgan fingerprint density at radius 1 is 1.08 bits per heavy atom. The van der Waals surface area contributed by atoms with Gasteiger partial charge in [0.25, 0.3) is 0 Å². The summed E-state index contributed by atoms with van der Waals surface area (Å²) in [6.45, 7) is 14.7. The summed E-state index contributed by atoms with van der Waals surface area (Å²) in [5.74, 6) is -1.14. The van der Waals surface area contributed by atoms with Crippen LogP contribution in [0, 0.1) is 11.3 Å². The van der Waals surface area contributed by atoms with Crippen molar-refractivity contribution in [2.24, 2.45) is 11.3 Å². The predicted molar refractivity (Wildman–Crippen MR) is 103 cm³/mol. The number of hydrogen-bond donors (Lipinski definition) is 1. The number of carboxylic acid groups (broad SMARTS) is 1. The van der Waals surface area contributed by atoms with Crippen LogP contribution >= 0.6 is 0 Å². The second kappa shape index (κ2) is 8.69. The molecule has 0 spiro atoms. The molecule has 0 saturated carbocycles. The van der Waals surface area contributed by atoms with E-state index in [0.29, 0.717) is 6.42 Å². The van der Waals surface area contributed by atoms with Gasteiger partial charge in [0.2, 0.25) is 0 Å². The normalized spacial score (nSPS) is 16.7. The van der Waals surface area contributed by atoms with Crippen molar-refractivity contribution in [3.05, 3.63) is 33.9 Å². The number of carboxylic acids is 1. The molecule has 1 aliphatic carbocycles. The van der Waals surface area contributed by atoms with Crippen LogP contribution in [0.15, 0.2) is 33.9 Å². The van der Waals surface area contributed by atoms with Gasteiger partial charge in [-0.1, -0.05) is 44.4 Å². The highest BCUT2D eigenvalue weighted by Crippen LogP contribution is 2.39. The van der Waals surface area contributed by atoms with E-state index in [1.54, 1.807) is 0 Å². The van der Waals surface area contributed by atoms with Crippen molar-refractivity contribution in [3.8, 4) is 0 Å². The quantitative estimate of drug-likeness (QED) is 0.570. The van der Waals surface area contributed by atoms with Crippen molar-refractivity contribution in [3.63, 3.8) is 0 Å². The fraction of sp³-hybridized carbons (Fsp3) is 0.682. The highest BCUT2D eigenvalue weighted by molar-refractivity contribution is 5.77. The molecule has 0 amide bonds. The molecule has 0 radical (unpaired) electrons. The van der Waals surface area contributed by atoms with Crippen molar-refractivity contribution in [1.29, 1.82) is 0 Å². The standard InChI is InChI=1S/C22H36O2/c1-15(2)19(17-12-10-8-9-11-13-17)20(16(3)4)18(21(23)24)14-22(5,6)7/h12,18H,8-11,13-14H2,1-7H3,(H,23,24). The van der Waals surface area contributed by atoms with Crippen LogP contribution in [0.3, 0.4) is 0 Å². The fourth-order valence-corrected chi connectivity index (χ4v) is 3.70. The summed E-state index contributed by atoms with van der Waals surface area (Å²) in [4.78, 5) is 12.1. The maximum Gasteiger partial charge on any atom is 0.311 e. The highest BCUT2D eigenvalue weighted by atomic mass is 16.4. The van der Waals surface area contributed by atoms with Crippen LogP contribution in [-0.4, -0.2) is 11.1 Å². The Morgan fingerprint density at radius 2 is 1.71 bits per heavy atom. The van der Waals surface area contributed by atoms with E-state index in [1.807, 2.05) is 0 Å². The van der Waals surface area contributed by atoms with E-state index in [1.165, 1.54) is 36.0 Å². The van der Waals surface area contributed by atoms with E-state index in [9.17, 15) is 9.90 Å². The van der Waals surface area contributed by atoms with Crippen molar-refractivity contribution in [2.45, 2.75) is 87.0 Å². The van der Waals surface area contributed by atoms with Crippen LogP contribution in [0.4, 0.5) is 0 Å². The lowest BCUT2D eigenvalue weighted by Crippen LogP contribution is -2.25. The highest BCUT2D eigenvalue weighted by Gasteiger charge is 2.31. The van der Waals surface area contributed by atoms with Gasteiger partial charge in [0.05, 0.1) is 5.92 Å². The van der Waals surface area contributed by atoms with E-state index >= 15 is 0 Å². The number of allylic oxidation sites excluding steroid dienone is 5. The van der Waals surface area contributed by atoms with Gasteiger partial charge in [0, 0.05) is 0 Å². The van der Waals surface area contributed by atoms with E-state index in [0.717, 1.165) is 24.0 Å². The van der Waals surface area contributed by atoms with Gasteiger partial charge < -0.3 is 5.11 Å². The second-order valence-electron chi connectivity index (χ2n) is 8.77. The summed E-state index contributed by atoms with van der Waals surface area (Å²) < 4.78 is 0. The molecule has 1 atom stereocenters. The number of carbonyl (C=O) groups is 1. The van der Waals surface area contributed by atoms with E-state index in [4.69, 9.17) is 0 Å². The molecule has 2 heteroatoms. The lowest BCUT2D eigenvalue weighted by molar-refractivity contribution is -0.141. The minimum absolute atomic E-state index is 0.0195. The van der Waals surface area contributed by atoms with Crippen LogP contribution in [0.5, 0.6) is 0 Å². The van der Waals surface area contributed by atoms with Crippen LogP contribution in [0.2, 0.25) is 0 Å². The van der Waals surface area contributed by atoms with Crippen molar-refractivity contribution in [2.75, 3.05) is 0 Å². The van der Waals surface area contributed by atoms with Crippen molar-refractivity contribution < 1.29 is 9.90 Å². The van der Waals surface area contributed by atoms with Crippen LogP contribution in [-0.2, 0) is 4.79 Å². The molecule has 0 aromatic heterocycles. The number of hydrogen-bond acceptors (Lipinski definition) is 1. The Balaban J connectivity index is 3.43. The first-order valence-electron chi connectivity index (χ1n) is 9.32. The Hall–Kier alpha value is -1.31. The zero-order chi connectivity index (χ0) is 18.5. The molecule has 0 fully saturated rings. The molecule has 0 bridgehead atoms. The molecule has 0 aliphatic heterocycles. The van der Waals surface area contributed by atoms with Gasteiger partial charge in [0.1, 0.15) is 0 Å². The van der Waals surface area contributed by atoms with E-state index in [-0.39, 0.29) is 5.41 Å². The minimum Gasteiger partial charge on any atom is -0.481 e. The van der Waals surface area contributed by atoms with Gasteiger partial charge >= 0.3 is 5.97 Å². The summed E-state index contributed by atoms with van der Waals surface area (Å²) in [5, 5.41) is 9.96. The predicted octanol–water partition coefficient (Wildman–Crippen LogP) is 6.69. The molecule has 0 saturated heterocycles. The van der Waals surface area contributed by atoms with Crippen LogP contribution in [0.1, 0.15) is 87.0 Å². The Kier molecular flexibility index (Phi) is 7.51. The Bertz CT molecular complexity index is 545. The monoisotopic (exact) mass is 332 g/mol. The second-order valence-corrected chi connectivity index (χ2v) is 8.77. The molecular weight excluding hydrogens is 296 g/mol. The number of aliphatic carboxylic acids is 1. The Morgan fingerprint density at radius 3 is 2.17 bits per heavy atom. The average molecular weight is 333 g/mol. The molecule has 1 N–H and O–H groups in total. The number of rotatable bonds is 5. The molecule has 1 aliphatic rings. The SMILES string of the molecule is CC(C)=C(C1=CCCCCC1)C(=C(C)C)C(CC(C)(C)C)C(=O)O. The largest absolute Gasteiger partial charge is 0.481 e. The van der Waals surface area contributed by atoms with Crippen molar-refractivity contribution >= 4 is 5.97 Å². The Labute approximate surface area is 148 Å². The first-order chi connectivity index (χ1) is 11.0. The molecule has 24 heavy (non-hydrogen) atoms. The molecule has 0 aromatic rings. The zero-order valence-corrected chi connectivity index (χ0v) is 16.8. The lowest BCUT2D eigenvalue weighted by Gasteiger charge is -2.29. The third kappa shape index (κ3) is 5.96.